The highest BCUT2D eigenvalue weighted by Gasteiger charge is 2.42. The van der Waals surface area contributed by atoms with Gasteiger partial charge in [0.25, 0.3) is 0 Å². The van der Waals surface area contributed by atoms with Crippen molar-refractivity contribution >= 4 is 5.78 Å². The molecule has 0 radical (unpaired) electrons. The summed E-state index contributed by atoms with van der Waals surface area (Å²) in [6.45, 7) is 0. The molecule has 0 bridgehead atoms. The van der Waals surface area contributed by atoms with E-state index in [4.69, 9.17) is 0 Å². The molecular formula is C17H20N2O2. The summed E-state index contributed by atoms with van der Waals surface area (Å²) < 4.78 is 0. The number of nitrogens with zero attached hydrogens (tertiary/aromatic N) is 1. The molecule has 1 aromatic carbocycles. The molecule has 110 valence electrons. The van der Waals surface area contributed by atoms with Crippen molar-refractivity contribution in [1.82, 2.24) is 9.97 Å². The van der Waals surface area contributed by atoms with Crippen LogP contribution >= 0.6 is 0 Å². The van der Waals surface area contributed by atoms with Crippen LogP contribution in [0, 0.1) is 5.92 Å². The lowest BCUT2D eigenvalue weighted by molar-refractivity contribution is -0.135. The highest BCUT2D eigenvalue weighted by molar-refractivity contribution is 5.91. The fourth-order valence-electron chi connectivity index (χ4n) is 3.20. The summed E-state index contributed by atoms with van der Waals surface area (Å²) in [7, 11) is 0. The molecule has 2 N–H and O–H groups in total. The summed E-state index contributed by atoms with van der Waals surface area (Å²) in [6, 6.07) is 9.07. The van der Waals surface area contributed by atoms with Gasteiger partial charge in [0.05, 0.1) is 0 Å². The number of aliphatic hydroxyl groups is 1. The second kappa shape index (κ2) is 5.82. The number of hydrogen-bond donors (Lipinski definition) is 2. The van der Waals surface area contributed by atoms with Crippen LogP contribution in [-0.2, 0) is 10.4 Å². The molecule has 0 spiro atoms. The average molecular weight is 284 g/mol. The first-order chi connectivity index (χ1) is 10.2. The number of nitrogens with one attached hydrogen (secondary N) is 1. The standard InChI is InChI=1S/C17H20N2O2/c20-15(12-13-6-4-5-7-13)17(21,16-18-10-11-19-16)14-8-2-1-3-9-14/h1-3,8-11,13,21H,4-7,12H2,(H,18,19). The molecule has 1 aromatic heterocycles. The van der Waals surface area contributed by atoms with Crippen molar-refractivity contribution in [2.24, 2.45) is 5.92 Å². The molecule has 1 aliphatic carbocycles. The third-order valence-corrected chi connectivity index (χ3v) is 4.38. The summed E-state index contributed by atoms with van der Waals surface area (Å²) in [4.78, 5) is 19.8. The number of H-pyrrole nitrogens is 1. The highest BCUT2D eigenvalue weighted by atomic mass is 16.3. The van der Waals surface area contributed by atoms with Gasteiger partial charge in [-0.3, -0.25) is 4.79 Å². The Bertz CT molecular complexity index is 589. The van der Waals surface area contributed by atoms with Crippen LogP contribution in [0.3, 0.4) is 0 Å². The van der Waals surface area contributed by atoms with Crippen molar-refractivity contribution in [1.29, 1.82) is 0 Å². The fraction of sp³-hybridized carbons (Fsp3) is 0.412. The SMILES string of the molecule is O=C(CC1CCCC1)C(O)(c1ccccc1)c1ncc[nH]1. The quantitative estimate of drug-likeness (QED) is 0.887. The number of imidazole rings is 1. The number of hydrogen-bond acceptors (Lipinski definition) is 3. The fourth-order valence-corrected chi connectivity index (χ4v) is 3.20. The highest BCUT2D eigenvalue weighted by Crippen LogP contribution is 2.34. The topological polar surface area (TPSA) is 66.0 Å². The minimum absolute atomic E-state index is 0.171. The molecule has 4 heteroatoms. The second-order valence-electron chi connectivity index (χ2n) is 5.79. The molecular weight excluding hydrogens is 264 g/mol. The van der Waals surface area contributed by atoms with Gasteiger partial charge >= 0.3 is 0 Å². The van der Waals surface area contributed by atoms with Gasteiger partial charge in [-0.1, -0.05) is 56.0 Å². The Hall–Kier alpha value is -1.94. The van der Waals surface area contributed by atoms with Gasteiger partial charge in [-0.2, -0.15) is 0 Å². The molecule has 1 atom stereocenters. The monoisotopic (exact) mass is 284 g/mol. The van der Waals surface area contributed by atoms with Gasteiger partial charge < -0.3 is 10.1 Å². The Balaban J connectivity index is 1.94. The molecule has 0 aliphatic heterocycles. The third-order valence-electron chi connectivity index (χ3n) is 4.38. The average Bonchev–Trinajstić information content (AvgIpc) is 3.20. The van der Waals surface area contributed by atoms with E-state index in [1.54, 1.807) is 24.5 Å². The Morgan fingerprint density at radius 1 is 1.29 bits per heavy atom. The maximum Gasteiger partial charge on any atom is 0.206 e. The molecule has 1 fully saturated rings. The van der Waals surface area contributed by atoms with E-state index in [1.807, 2.05) is 18.2 Å². The van der Waals surface area contributed by atoms with E-state index in [9.17, 15) is 9.90 Å². The molecule has 2 aromatic rings. The molecule has 1 unspecified atom stereocenters. The zero-order valence-electron chi connectivity index (χ0n) is 12.0. The Labute approximate surface area is 124 Å². The van der Waals surface area contributed by atoms with Crippen molar-refractivity contribution < 1.29 is 9.90 Å². The number of ketones is 1. The maximum absolute atomic E-state index is 12.8. The number of aromatic nitrogens is 2. The Morgan fingerprint density at radius 2 is 2.00 bits per heavy atom. The van der Waals surface area contributed by atoms with Gasteiger partial charge in [-0.05, 0) is 11.5 Å². The second-order valence-corrected chi connectivity index (χ2v) is 5.79. The number of carbonyl (C=O) groups is 1. The molecule has 0 amide bonds. The molecule has 1 heterocycles. The van der Waals surface area contributed by atoms with Crippen LogP contribution in [-0.4, -0.2) is 20.9 Å². The lowest BCUT2D eigenvalue weighted by atomic mass is 9.84. The van der Waals surface area contributed by atoms with Crippen molar-refractivity contribution in [3.63, 3.8) is 0 Å². The zero-order chi connectivity index (χ0) is 14.7. The van der Waals surface area contributed by atoms with Crippen LogP contribution in [0.1, 0.15) is 43.5 Å². The van der Waals surface area contributed by atoms with E-state index in [0.717, 1.165) is 12.8 Å². The molecule has 1 saturated carbocycles. The predicted octanol–water partition coefficient (Wildman–Crippen LogP) is 2.80. The first-order valence-electron chi connectivity index (χ1n) is 7.52. The minimum atomic E-state index is -1.67. The van der Waals surface area contributed by atoms with E-state index >= 15 is 0 Å². The van der Waals surface area contributed by atoms with Crippen LogP contribution in [0.4, 0.5) is 0 Å². The minimum Gasteiger partial charge on any atom is -0.371 e. The summed E-state index contributed by atoms with van der Waals surface area (Å²) >= 11 is 0. The zero-order valence-corrected chi connectivity index (χ0v) is 12.0. The molecule has 0 saturated heterocycles. The number of aromatic amines is 1. The van der Waals surface area contributed by atoms with Gasteiger partial charge in [0, 0.05) is 18.8 Å². The molecule has 4 nitrogen and oxygen atoms in total. The summed E-state index contributed by atoms with van der Waals surface area (Å²) in [5.41, 5.74) is -1.10. The van der Waals surface area contributed by atoms with Gasteiger partial charge in [0.15, 0.2) is 11.6 Å². The summed E-state index contributed by atoms with van der Waals surface area (Å²) in [5, 5.41) is 11.1. The number of Topliss-reactive ketones (excluding diaryl/α,β-unsaturated/α-hetero) is 1. The van der Waals surface area contributed by atoms with E-state index in [-0.39, 0.29) is 5.78 Å². The molecule has 1 aliphatic rings. The van der Waals surface area contributed by atoms with Crippen molar-refractivity contribution in [3.8, 4) is 0 Å². The van der Waals surface area contributed by atoms with Crippen LogP contribution in [0.5, 0.6) is 0 Å². The maximum atomic E-state index is 12.8. The van der Waals surface area contributed by atoms with Crippen LogP contribution < -0.4 is 0 Å². The van der Waals surface area contributed by atoms with E-state index in [0.29, 0.717) is 23.7 Å². The van der Waals surface area contributed by atoms with Gasteiger partial charge in [-0.25, -0.2) is 4.98 Å². The van der Waals surface area contributed by atoms with Crippen LogP contribution in [0.2, 0.25) is 0 Å². The third kappa shape index (κ3) is 2.63. The predicted molar refractivity (Wildman–Crippen MR) is 79.6 cm³/mol. The van der Waals surface area contributed by atoms with Gasteiger partial charge in [0.1, 0.15) is 0 Å². The lowest BCUT2D eigenvalue weighted by Gasteiger charge is -2.26. The summed E-state index contributed by atoms with van der Waals surface area (Å²) in [6.07, 6.45) is 8.12. The van der Waals surface area contributed by atoms with Crippen molar-refractivity contribution in [2.75, 3.05) is 0 Å². The Morgan fingerprint density at radius 3 is 2.62 bits per heavy atom. The molecule has 3 rings (SSSR count). The van der Waals surface area contributed by atoms with E-state index < -0.39 is 5.60 Å². The summed E-state index contributed by atoms with van der Waals surface area (Å²) in [5.74, 6) is 0.523. The van der Waals surface area contributed by atoms with Gasteiger partial charge in [-0.15, -0.1) is 0 Å². The number of rotatable bonds is 5. The van der Waals surface area contributed by atoms with Crippen LogP contribution in [0.15, 0.2) is 42.7 Å². The first-order valence-corrected chi connectivity index (χ1v) is 7.52. The largest absolute Gasteiger partial charge is 0.371 e. The lowest BCUT2D eigenvalue weighted by Crippen LogP contribution is -2.39. The van der Waals surface area contributed by atoms with E-state index in [2.05, 4.69) is 9.97 Å². The normalized spacial score (nSPS) is 18.5. The van der Waals surface area contributed by atoms with Crippen LogP contribution in [0.25, 0.3) is 0 Å². The van der Waals surface area contributed by atoms with Crippen molar-refractivity contribution in [2.45, 2.75) is 37.7 Å². The van der Waals surface area contributed by atoms with E-state index in [1.165, 1.54) is 12.8 Å². The smallest absolute Gasteiger partial charge is 0.206 e. The number of benzene rings is 1. The van der Waals surface area contributed by atoms with Gasteiger partial charge in [0.2, 0.25) is 5.60 Å². The van der Waals surface area contributed by atoms with Crippen molar-refractivity contribution in [3.05, 3.63) is 54.1 Å². The Kier molecular flexibility index (Phi) is 3.88. The molecule has 21 heavy (non-hydrogen) atoms. The first kappa shape index (κ1) is 14.0. The number of carbonyl (C=O) groups excluding carboxylic acids is 1.